The predicted molar refractivity (Wildman–Crippen MR) is 52.5 cm³/mol. The Kier molecular flexibility index (Phi) is 7.61. The first-order valence-corrected chi connectivity index (χ1v) is 5.79. The molecule has 0 saturated heterocycles. The van der Waals surface area contributed by atoms with E-state index < -0.39 is 22.1 Å². The molecule has 0 aromatic carbocycles. The van der Waals surface area contributed by atoms with Crippen molar-refractivity contribution in [2.75, 3.05) is 6.26 Å². The van der Waals surface area contributed by atoms with Crippen molar-refractivity contribution in [3.63, 3.8) is 0 Å². The summed E-state index contributed by atoms with van der Waals surface area (Å²) in [6, 6.07) is -0.690. The van der Waals surface area contributed by atoms with Gasteiger partial charge in [0, 0.05) is 0 Å². The Morgan fingerprint density at radius 1 is 1.43 bits per heavy atom. The highest BCUT2D eigenvalue weighted by molar-refractivity contribution is 7.85. The summed E-state index contributed by atoms with van der Waals surface area (Å²) in [5.41, 5.74) is 5.22. The van der Waals surface area contributed by atoms with Crippen LogP contribution in [0, 0.1) is 5.92 Å². The van der Waals surface area contributed by atoms with Crippen LogP contribution in [0.1, 0.15) is 20.3 Å². The third-order valence-corrected chi connectivity index (χ3v) is 1.04. The van der Waals surface area contributed by atoms with Gasteiger partial charge in [-0.05, 0) is 12.3 Å². The van der Waals surface area contributed by atoms with Crippen molar-refractivity contribution in [3.8, 4) is 0 Å². The largest absolute Gasteiger partial charge is 0.480 e. The average molecular weight is 227 g/mol. The van der Waals surface area contributed by atoms with Crippen molar-refractivity contribution < 1.29 is 22.9 Å². The van der Waals surface area contributed by atoms with E-state index >= 15 is 0 Å². The number of hydrogen-bond donors (Lipinski definition) is 3. The summed E-state index contributed by atoms with van der Waals surface area (Å²) in [7, 11) is -3.67. The molecule has 0 amide bonds. The van der Waals surface area contributed by atoms with E-state index in [-0.39, 0.29) is 0 Å². The van der Waals surface area contributed by atoms with E-state index in [1.165, 1.54) is 0 Å². The molecule has 0 fully saturated rings. The van der Waals surface area contributed by atoms with E-state index in [4.69, 9.17) is 15.4 Å². The van der Waals surface area contributed by atoms with Crippen molar-refractivity contribution >= 4 is 16.1 Å². The number of nitrogens with two attached hydrogens (primary N) is 1. The lowest BCUT2D eigenvalue weighted by Gasteiger charge is -2.07. The molecule has 1 unspecified atom stereocenters. The zero-order chi connectivity index (χ0) is 11.9. The lowest BCUT2D eigenvalue weighted by molar-refractivity contribution is -0.138. The topological polar surface area (TPSA) is 118 Å². The van der Waals surface area contributed by atoms with Gasteiger partial charge >= 0.3 is 5.97 Å². The van der Waals surface area contributed by atoms with Crippen LogP contribution in [-0.4, -0.2) is 36.3 Å². The van der Waals surface area contributed by atoms with Gasteiger partial charge < -0.3 is 10.8 Å². The Hall–Kier alpha value is -0.660. The molecule has 0 heterocycles. The van der Waals surface area contributed by atoms with Gasteiger partial charge in [0.2, 0.25) is 0 Å². The molecule has 86 valence electrons. The van der Waals surface area contributed by atoms with Gasteiger partial charge in [-0.1, -0.05) is 13.8 Å². The average Bonchev–Trinajstić information content (AvgIpc) is 1.80. The molecular weight excluding hydrogens is 210 g/mol. The minimum absolute atomic E-state index is 0.357. The van der Waals surface area contributed by atoms with Gasteiger partial charge in [-0.25, -0.2) is 0 Å². The van der Waals surface area contributed by atoms with E-state index in [9.17, 15) is 13.2 Å². The second-order valence-electron chi connectivity index (χ2n) is 3.31. The van der Waals surface area contributed by atoms with Gasteiger partial charge in [-0.3, -0.25) is 9.35 Å². The molecule has 4 N–H and O–H groups in total. The highest BCUT2D eigenvalue weighted by atomic mass is 32.2. The van der Waals surface area contributed by atoms with Crippen LogP contribution in [0.2, 0.25) is 0 Å². The van der Waals surface area contributed by atoms with Crippen LogP contribution in [-0.2, 0) is 14.9 Å². The first-order chi connectivity index (χ1) is 6.04. The van der Waals surface area contributed by atoms with Gasteiger partial charge in [-0.15, -0.1) is 0 Å². The smallest absolute Gasteiger partial charge is 0.320 e. The minimum Gasteiger partial charge on any atom is -0.480 e. The lowest BCUT2D eigenvalue weighted by atomic mass is 10.1. The maximum absolute atomic E-state index is 10.1. The van der Waals surface area contributed by atoms with Crippen molar-refractivity contribution in [2.24, 2.45) is 11.7 Å². The first kappa shape index (κ1) is 15.8. The molecule has 0 aliphatic rings. The van der Waals surface area contributed by atoms with Gasteiger partial charge in [0.15, 0.2) is 0 Å². The van der Waals surface area contributed by atoms with E-state index in [0.717, 1.165) is 0 Å². The molecular formula is C7H17NO5S. The Balaban J connectivity index is 0. The molecule has 7 heteroatoms. The molecule has 0 aliphatic carbocycles. The van der Waals surface area contributed by atoms with Crippen LogP contribution in [0.5, 0.6) is 0 Å². The summed E-state index contributed by atoms with van der Waals surface area (Å²) >= 11 is 0. The summed E-state index contributed by atoms with van der Waals surface area (Å²) in [5, 5.41) is 8.31. The number of carboxylic acid groups (broad SMARTS) is 1. The maximum Gasteiger partial charge on any atom is 0.320 e. The number of hydrogen-bond acceptors (Lipinski definition) is 4. The third-order valence-electron chi connectivity index (χ3n) is 1.04. The molecule has 0 aromatic heterocycles. The minimum atomic E-state index is -3.67. The molecule has 0 aliphatic heterocycles. The first-order valence-electron chi connectivity index (χ1n) is 3.95. The highest BCUT2D eigenvalue weighted by Crippen LogP contribution is 2.01. The second kappa shape index (κ2) is 6.74. The Bertz CT molecular complexity index is 251. The summed E-state index contributed by atoms with van der Waals surface area (Å²) in [6.07, 6.45) is 1.27. The zero-order valence-corrected chi connectivity index (χ0v) is 9.28. The lowest BCUT2D eigenvalue weighted by Crippen LogP contribution is -2.31. The van der Waals surface area contributed by atoms with E-state index in [1.807, 2.05) is 13.8 Å². The van der Waals surface area contributed by atoms with Crippen molar-refractivity contribution in [2.45, 2.75) is 26.3 Å². The molecule has 0 rings (SSSR count). The van der Waals surface area contributed by atoms with Crippen molar-refractivity contribution in [3.05, 3.63) is 0 Å². The standard InChI is InChI=1S/C6H13NO2.CH4O3S/c1-4(2)3-5(7)6(8)9;1-5(2,3)4/h4-5H,3,7H2,1-2H3,(H,8,9);1H3,(H,2,3,4). The van der Waals surface area contributed by atoms with Gasteiger partial charge in [-0.2, -0.15) is 8.42 Å². The summed E-state index contributed by atoms with van der Waals surface area (Å²) in [4.78, 5) is 10.1. The highest BCUT2D eigenvalue weighted by Gasteiger charge is 2.11. The van der Waals surface area contributed by atoms with Gasteiger partial charge in [0.05, 0.1) is 6.26 Å². The van der Waals surface area contributed by atoms with E-state index in [0.29, 0.717) is 18.6 Å². The van der Waals surface area contributed by atoms with Crippen LogP contribution in [0.3, 0.4) is 0 Å². The van der Waals surface area contributed by atoms with Gasteiger partial charge in [0.25, 0.3) is 10.1 Å². The number of carboxylic acids is 1. The zero-order valence-electron chi connectivity index (χ0n) is 8.47. The molecule has 1 atom stereocenters. The Morgan fingerprint density at radius 2 is 1.71 bits per heavy atom. The number of carbonyl (C=O) groups is 1. The molecule has 14 heavy (non-hydrogen) atoms. The molecule has 0 bridgehead atoms. The Labute approximate surface area is 83.9 Å². The van der Waals surface area contributed by atoms with Crippen molar-refractivity contribution in [1.82, 2.24) is 0 Å². The summed E-state index contributed by atoms with van der Waals surface area (Å²) in [5.74, 6) is -0.556. The number of rotatable bonds is 3. The quantitative estimate of drug-likeness (QED) is 0.582. The fourth-order valence-corrected chi connectivity index (χ4v) is 0.609. The number of aliphatic carboxylic acids is 1. The van der Waals surface area contributed by atoms with E-state index in [2.05, 4.69) is 0 Å². The van der Waals surface area contributed by atoms with Crippen LogP contribution in [0.4, 0.5) is 0 Å². The normalized spacial score (nSPS) is 13.0. The van der Waals surface area contributed by atoms with Crippen LogP contribution >= 0.6 is 0 Å². The Morgan fingerprint density at radius 3 is 1.79 bits per heavy atom. The molecule has 0 spiro atoms. The van der Waals surface area contributed by atoms with Crippen LogP contribution in [0.15, 0.2) is 0 Å². The predicted octanol–water partition coefficient (Wildman–Crippen LogP) is -0.0516. The van der Waals surface area contributed by atoms with Crippen LogP contribution in [0.25, 0.3) is 0 Å². The SMILES string of the molecule is CC(C)CC(N)C(=O)O.CS(=O)(=O)O. The molecule has 0 radical (unpaired) electrons. The molecule has 0 saturated carbocycles. The maximum atomic E-state index is 10.1. The summed E-state index contributed by atoms with van der Waals surface area (Å²) in [6.45, 7) is 3.89. The second-order valence-corrected chi connectivity index (χ2v) is 4.77. The fourth-order valence-electron chi connectivity index (χ4n) is 0.609. The monoisotopic (exact) mass is 227 g/mol. The fraction of sp³-hybridized carbons (Fsp3) is 0.857. The summed E-state index contributed by atoms with van der Waals surface area (Å²) < 4.78 is 25.9. The van der Waals surface area contributed by atoms with E-state index in [1.54, 1.807) is 0 Å². The molecule has 6 nitrogen and oxygen atoms in total. The van der Waals surface area contributed by atoms with Crippen LogP contribution < -0.4 is 5.73 Å². The van der Waals surface area contributed by atoms with Gasteiger partial charge in [0.1, 0.15) is 6.04 Å². The molecule has 0 aromatic rings. The van der Waals surface area contributed by atoms with Crippen molar-refractivity contribution in [1.29, 1.82) is 0 Å². The third kappa shape index (κ3) is 22.5.